The lowest BCUT2D eigenvalue weighted by atomic mass is 10.1. The minimum Gasteiger partial charge on any atom is -0.390 e. The first kappa shape index (κ1) is 12.8. The van der Waals surface area contributed by atoms with E-state index in [2.05, 4.69) is 10.2 Å². The van der Waals surface area contributed by atoms with Crippen molar-refractivity contribution < 1.29 is 13.9 Å². The summed E-state index contributed by atoms with van der Waals surface area (Å²) in [6.45, 7) is 0.488. The lowest BCUT2D eigenvalue weighted by Crippen LogP contribution is -2.41. The fourth-order valence-corrected chi connectivity index (χ4v) is 1.79. The molecule has 0 aliphatic carbocycles. The second-order valence-electron chi connectivity index (χ2n) is 4.33. The Hall–Kier alpha value is -0.260. The van der Waals surface area contributed by atoms with Crippen LogP contribution in [-0.4, -0.2) is 55.3 Å². The van der Waals surface area contributed by atoms with Crippen LogP contribution in [0.5, 0.6) is 0 Å². The van der Waals surface area contributed by atoms with E-state index in [0.29, 0.717) is 0 Å². The zero-order valence-corrected chi connectivity index (χ0v) is 9.18. The molecule has 1 unspecified atom stereocenters. The molecule has 0 aromatic heterocycles. The number of halogens is 2. The van der Waals surface area contributed by atoms with E-state index in [1.165, 1.54) is 0 Å². The van der Waals surface area contributed by atoms with Crippen molar-refractivity contribution in [1.82, 2.24) is 10.2 Å². The third-order valence-corrected chi connectivity index (χ3v) is 2.83. The first-order valence-corrected chi connectivity index (χ1v) is 5.44. The number of likely N-dealkylation sites (tertiary alicyclic amines) is 1. The van der Waals surface area contributed by atoms with E-state index in [0.717, 1.165) is 32.4 Å². The van der Waals surface area contributed by atoms with E-state index >= 15 is 0 Å². The SMILES string of the molecule is CN1CCCC(NCC(F)(F)CO)CC1. The Morgan fingerprint density at radius 3 is 2.80 bits per heavy atom. The predicted octanol–water partition coefficient (Wildman–Crippen LogP) is 0.688. The highest BCUT2D eigenvalue weighted by Gasteiger charge is 2.28. The summed E-state index contributed by atoms with van der Waals surface area (Å²) >= 11 is 0. The van der Waals surface area contributed by atoms with Crippen LogP contribution in [0.25, 0.3) is 0 Å². The van der Waals surface area contributed by atoms with E-state index in [9.17, 15) is 8.78 Å². The van der Waals surface area contributed by atoms with E-state index in [4.69, 9.17) is 5.11 Å². The van der Waals surface area contributed by atoms with Crippen LogP contribution >= 0.6 is 0 Å². The molecule has 1 aliphatic rings. The summed E-state index contributed by atoms with van der Waals surface area (Å²) in [5, 5.41) is 11.3. The van der Waals surface area contributed by atoms with Gasteiger partial charge in [0.1, 0.15) is 6.61 Å². The molecule has 0 radical (unpaired) electrons. The fraction of sp³-hybridized carbons (Fsp3) is 1.00. The highest BCUT2D eigenvalue weighted by Crippen LogP contribution is 2.13. The van der Waals surface area contributed by atoms with Crippen molar-refractivity contribution in [1.29, 1.82) is 0 Å². The second kappa shape index (κ2) is 5.72. The number of aliphatic hydroxyl groups is 1. The maximum absolute atomic E-state index is 12.8. The number of aliphatic hydroxyl groups excluding tert-OH is 1. The summed E-state index contributed by atoms with van der Waals surface area (Å²) in [7, 11) is 2.05. The summed E-state index contributed by atoms with van der Waals surface area (Å²) in [5.41, 5.74) is 0. The second-order valence-corrected chi connectivity index (χ2v) is 4.33. The smallest absolute Gasteiger partial charge is 0.282 e. The van der Waals surface area contributed by atoms with Crippen LogP contribution in [0, 0.1) is 0 Å². The number of alkyl halides is 2. The molecular formula is C10H20F2N2O. The van der Waals surface area contributed by atoms with Gasteiger partial charge in [0, 0.05) is 6.04 Å². The molecule has 0 aromatic carbocycles. The van der Waals surface area contributed by atoms with Crippen LogP contribution < -0.4 is 5.32 Å². The van der Waals surface area contributed by atoms with E-state index < -0.39 is 19.1 Å². The lowest BCUT2D eigenvalue weighted by molar-refractivity contribution is -0.0495. The fourth-order valence-electron chi connectivity index (χ4n) is 1.79. The van der Waals surface area contributed by atoms with Crippen LogP contribution in [0.2, 0.25) is 0 Å². The Bertz CT molecular complexity index is 190. The lowest BCUT2D eigenvalue weighted by Gasteiger charge is -2.20. The Kier molecular flexibility index (Phi) is 4.89. The molecule has 0 aromatic rings. The van der Waals surface area contributed by atoms with Crippen LogP contribution in [0.4, 0.5) is 8.78 Å². The maximum atomic E-state index is 12.8. The summed E-state index contributed by atoms with van der Waals surface area (Å²) in [6.07, 6.45) is 2.88. The summed E-state index contributed by atoms with van der Waals surface area (Å²) in [6, 6.07) is 0.160. The molecule has 3 nitrogen and oxygen atoms in total. The minimum absolute atomic E-state index is 0.160. The Labute approximate surface area is 89.5 Å². The van der Waals surface area contributed by atoms with Crippen LogP contribution in [0.3, 0.4) is 0 Å². The monoisotopic (exact) mass is 222 g/mol. The molecule has 1 fully saturated rings. The van der Waals surface area contributed by atoms with Crippen LogP contribution in [0.1, 0.15) is 19.3 Å². The highest BCUT2D eigenvalue weighted by atomic mass is 19.3. The summed E-state index contributed by atoms with van der Waals surface area (Å²) in [5.74, 6) is -2.99. The third-order valence-electron chi connectivity index (χ3n) is 2.83. The van der Waals surface area contributed by atoms with Gasteiger partial charge in [-0.3, -0.25) is 0 Å². The van der Waals surface area contributed by atoms with Gasteiger partial charge in [-0.25, -0.2) is 8.78 Å². The number of rotatable bonds is 4. The molecule has 1 heterocycles. The largest absolute Gasteiger partial charge is 0.390 e. The van der Waals surface area contributed by atoms with Crippen LogP contribution in [0.15, 0.2) is 0 Å². The Morgan fingerprint density at radius 1 is 1.40 bits per heavy atom. The topological polar surface area (TPSA) is 35.5 Å². The van der Waals surface area contributed by atoms with Gasteiger partial charge in [-0.15, -0.1) is 0 Å². The molecular weight excluding hydrogens is 202 g/mol. The van der Waals surface area contributed by atoms with Crippen molar-refractivity contribution >= 4 is 0 Å². The maximum Gasteiger partial charge on any atom is 0.282 e. The van der Waals surface area contributed by atoms with Crippen molar-refractivity contribution in [2.24, 2.45) is 0 Å². The number of hydrogen-bond acceptors (Lipinski definition) is 3. The molecule has 15 heavy (non-hydrogen) atoms. The van der Waals surface area contributed by atoms with E-state index in [1.54, 1.807) is 0 Å². The molecule has 0 spiro atoms. The normalized spacial score (nSPS) is 25.2. The van der Waals surface area contributed by atoms with Gasteiger partial charge in [0.2, 0.25) is 0 Å². The summed E-state index contributed by atoms with van der Waals surface area (Å²) < 4.78 is 25.5. The number of hydrogen-bond donors (Lipinski definition) is 2. The number of nitrogens with one attached hydrogen (secondary N) is 1. The average Bonchev–Trinajstić information content (AvgIpc) is 2.40. The van der Waals surface area contributed by atoms with Gasteiger partial charge in [-0.1, -0.05) is 0 Å². The van der Waals surface area contributed by atoms with Crippen molar-refractivity contribution in [2.45, 2.75) is 31.2 Å². The molecule has 90 valence electrons. The molecule has 5 heteroatoms. The number of nitrogens with zero attached hydrogens (tertiary/aromatic N) is 1. The zero-order valence-electron chi connectivity index (χ0n) is 9.18. The van der Waals surface area contributed by atoms with Gasteiger partial charge in [-0.05, 0) is 39.4 Å². The van der Waals surface area contributed by atoms with E-state index in [-0.39, 0.29) is 6.04 Å². The van der Waals surface area contributed by atoms with Gasteiger partial charge < -0.3 is 15.3 Å². The highest BCUT2D eigenvalue weighted by molar-refractivity contribution is 4.77. The third kappa shape index (κ3) is 4.86. The molecule has 0 saturated carbocycles. The van der Waals surface area contributed by atoms with E-state index in [1.807, 2.05) is 7.05 Å². The Balaban J connectivity index is 2.26. The molecule has 2 N–H and O–H groups in total. The molecule has 1 aliphatic heterocycles. The Morgan fingerprint density at radius 2 is 2.13 bits per heavy atom. The quantitative estimate of drug-likeness (QED) is 0.734. The zero-order chi connectivity index (χ0) is 11.3. The average molecular weight is 222 g/mol. The molecule has 0 amide bonds. The van der Waals surface area contributed by atoms with Crippen LogP contribution in [-0.2, 0) is 0 Å². The summed E-state index contributed by atoms with van der Waals surface area (Å²) in [4.78, 5) is 2.21. The van der Waals surface area contributed by atoms with Crippen molar-refractivity contribution in [3.63, 3.8) is 0 Å². The first-order chi connectivity index (χ1) is 7.03. The van der Waals surface area contributed by atoms with Crippen molar-refractivity contribution in [3.8, 4) is 0 Å². The van der Waals surface area contributed by atoms with Gasteiger partial charge in [0.15, 0.2) is 0 Å². The van der Waals surface area contributed by atoms with Gasteiger partial charge in [0.05, 0.1) is 6.54 Å². The first-order valence-electron chi connectivity index (χ1n) is 5.44. The minimum atomic E-state index is -2.99. The van der Waals surface area contributed by atoms with Crippen molar-refractivity contribution in [3.05, 3.63) is 0 Å². The predicted molar refractivity (Wildman–Crippen MR) is 55.2 cm³/mol. The standard InChI is InChI=1S/C10H20F2N2O/c1-14-5-2-3-9(4-6-14)13-7-10(11,12)8-15/h9,13,15H,2-8H2,1H3. The molecule has 1 saturated heterocycles. The molecule has 1 rings (SSSR count). The van der Waals surface area contributed by atoms with Gasteiger partial charge >= 0.3 is 0 Å². The van der Waals surface area contributed by atoms with Gasteiger partial charge in [0.25, 0.3) is 5.92 Å². The van der Waals surface area contributed by atoms with Crippen molar-refractivity contribution in [2.75, 3.05) is 33.3 Å². The molecule has 1 atom stereocenters. The molecule has 0 bridgehead atoms. The van der Waals surface area contributed by atoms with Gasteiger partial charge in [-0.2, -0.15) is 0 Å².